The lowest BCUT2D eigenvalue weighted by molar-refractivity contribution is -0.141. The van der Waals surface area contributed by atoms with Crippen molar-refractivity contribution in [1.82, 2.24) is 9.97 Å². The summed E-state index contributed by atoms with van der Waals surface area (Å²) in [5.41, 5.74) is -0.304. The lowest BCUT2D eigenvalue weighted by atomic mass is 10.0. The summed E-state index contributed by atoms with van der Waals surface area (Å²) in [5.74, 6) is -2.35. The Hall–Kier alpha value is -2.57. The fourth-order valence-corrected chi connectivity index (χ4v) is 4.07. The van der Waals surface area contributed by atoms with Crippen LogP contribution in [-0.2, 0) is 6.18 Å². The van der Waals surface area contributed by atoms with Gasteiger partial charge in [0.15, 0.2) is 17.4 Å². The first-order chi connectivity index (χ1) is 12.3. The Kier molecular flexibility index (Phi) is 4.89. The van der Waals surface area contributed by atoms with Gasteiger partial charge in [-0.2, -0.15) is 18.4 Å². The molecule has 0 aliphatic heterocycles. The molecule has 0 radical (unpaired) electrons. The van der Waals surface area contributed by atoms with Crippen LogP contribution in [0.3, 0.4) is 0 Å². The predicted molar refractivity (Wildman–Crippen MR) is 92.1 cm³/mol. The van der Waals surface area contributed by atoms with Crippen LogP contribution in [-0.4, -0.2) is 15.8 Å². The van der Waals surface area contributed by atoms with Crippen LogP contribution >= 0.6 is 22.7 Å². The van der Waals surface area contributed by atoms with Crippen molar-refractivity contribution in [2.75, 3.05) is 0 Å². The van der Waals surface area contributed by atoms with Crippen LogP contribution in [0.25, 0.3) is 10.6 Å². The van der Waals surface area contributed by atoms with Crippen molar-refractivity contribution < 1.29 is 18.0 Å². The van der Waals surface area contributed by atoms with Crippen molar-refractivity contribution in [3.63, 3.8) is 0 Å². The first-order valence-electron chi connectivity index (χ1n) is 7.30. The van der Waals surface area contributed by atoms with Crippen molar-refractivity contribution in [2.45, 2.75) is 19.0 Å². The van der Waals surface area contributed by atoms with Crippen LogP contribution in [0.1, 0.15) is 32.0 Å². The number of nitrogens with zero attached hydrogens (tertiary/aromatic N) is 3. The maximum absolute atomic E-state index is 13.1. The Morgan fingerprint density at radius 3 is 2.54 bits per heavy atom. The van der Waals surface area contributed by atoms with Gasteiger partial charge in [-0.1, -0.05) is 30.3 Å². The minimum Gasteiger partial charge on any atom is -0.291 e. The number of aromatic nitrogens is 2. The normalized spacial score (nSPS) is 12.6. The van der Waals surface area contributed by atoms with Crippen LogP contribution < -0.4 is 0 Å². The summed E-state index contributed by atoms with van der Waals surface area (Å²) in [4.78, 5) is 19.7. The average molecular weight is 393 g/mol. The Balaban J connectivity index is 1.97. The van der Waals surface area contributed by atoms with E-state index in [1.54, 1.807) is 6.07 Å². The molecule has 132 valence electrons. The number of nitriles is 1. The molecule has 26 heavy (non-hydrogen) atoms. The van der Waals surface area contributed by atoms with Gasteiger partial charge in [-0.15, -0.1) is 22.7 Å². The molecule has 1 atom stereocenters. The van der Waals surface area contributed by atoms with Gasteiger partial charge in [0.2, 0.25) is 0 Å². The molecule has 0 fully saturated rings. The molecule has 0 amide bonds. The van der Waals surface area contributed by atoms with Gasteiger partial charge >= 0.3 is 6.18 Å². The first-order valence-corrected chi connectivity index (χ1v) is 9.00. The molecule has 0 aliphatic rings. The number of carbonyl (C=O) groups is 1. The summed E-state index contributed by atoms with van der Waals surface area (Å²) in [5, 5.41) is 11.6. The molecular weight excluding hydrogens is 383 g/mol. The highest BCUT2D eigenvalue weighted by Gasteiger charge is 2.41. The van der Waals surface area contributed by atoms with Gasteiger partial charge in [-0.05, 0) is 6.92 Å². The van der Waals surface area contributed by atoms with Gasteiger partial charge in [-0.25, -0.2) is 9.97 Å². The zero-order valence-electron chi connectivity index (χ0n) is 13.2. The third-order valence-electron chi connectivity index (χ3n) is 3.46. The van der Waals surface area contributed by atoms with E-state index in [1.165, 1.54) is 23.6 Å². The number of carbonyl (C=O) groups excluding carboxylic acids is 1. The molecule has 3 rings (SSSR count). The number of ketones is 1. The zero-order chi connectivity index (χ0) is 18.9. The highest BCUT2D eigenvalue weighted by Crippen LogP contribution is 2.37. The predicted octanol–water partition coefficient (Wildman–Crippen LogP) is 5.08. The summed E-state index contributed by atoms with van der Waals surface area (Å²) >= 11 is 1.86. The van der Waals surface area contributed by atoms with Crippen LogP contribution in [0.5, 0.6) is 0 Å². The number of benzene rings is 1. The molecule has 3 aromatic rings. The third kappa shape index (κ3) is 3.52. The van der Waals surface area contributed by atoms with Crippen molar-refractivity contribution in [1.29, 1.82) is 5.26 Å². The standard InChI is InChI=1S/C17H10F3N3OS2/c1-9-22-15(17(18,19)20)14(26-9)13(24)11(7-21)12-8-25-16(23-12)10-5-3-2-4-6-10/h2-6,8,11H,1H3. The molecule has 1 unspecified atom stereocenters. The SMILES string of the molecule is Cc1nc(C(F)(F)F)c(C(=O)C(C#N)c2csc(-c3ccccc3)n2)s1. The number of hydrogen-bond acceptors (Lipinski definition) is 6. The number of aryl methyl sites for hydroxylation is 1. The maximum atomic E-state index is 13.1. The van der Waals surface area contributed by atoms with Crippen molar-refractivity contribution in [3.8, 4) is 16.6 Å². The Bertz CT molecular complexity index is 987. The molecule has 0 saturated heterocycles. The van der Waals surface area contributed by atoms with Crippen molar-refractivity contribution in [3.05, 3.63) is 57.0 Å². The fraction of sp³-hybridized carbons (Fsp3) is 0.176. The minimum atomic E-state index is -4.76. The number of thiazole rings is 2. The molecule has 0 bridgehead atoms. The fourth-order valence-electron chi connectivity index (χ4n) is 2.31. The van der Waals surface area contributed by atoms with Gasteiger partial charge in [0.1, 0.15) is 9.88 Å². The minimum absolute atomic E-state index is 0.112. The van der Waals surface area contributed by atoms with E-state index >= 15 is 0 Å². The Labute approximate surface area is 154 Å². The van der Waals surface area contributed by atoms with Gasteiger partial charge < -0.3 is 0 Å². The third-order valence-corrected chi connectivity index (χ3v) is 5.35. The monoisotopic (exact) mass is 393 g/mol. The molecule has 2 heterocycles. The van der Waals surface area contributed by atoms with E-state index in [9.17, 15) is 23.2 Å². The van der Waals surface area contributed by atoms with E-state index in [4.69, 9.17) is 0 Å². The summed E-state index contributed by atoms with van der Waals surface area (Å²) in [7, 11) is 0. The van der Waals surface area contributed by atoms with E-state index in [1.807, 2.05) is 30.3 Å². The molecule has 9 heteroatoms. The van der Waals surface area contributed by atoms with Crippen LogP contribution in [0.4, 0.5) is 13.2 Å². The van der Waals surface area contributed by atoms with Gasteiger partial charge in [-0.3, -0.25) is 4.79 Å². The first kappa shape index (κ1) is 18.2. The molecule has 2 aromatic heterocycles. The molecule has 0 saturated carbocycles. The smallest absolute Gasteiger partial charge is 0.291 e. The second kappa shape index (κ2) is 6.97. The summed E-state index contributed by atoms with van der Waals surface area (Å²) in [6.45, 7) is 1.38. The molecule has 0 spiro atoms. The zero-order valence-corrected chi connectivity index (χ0v) is 14.9. The highest BCUT2D eigenvalue weighted by molar-refractivity contribution is 7.14. The van der Waals surface area contributed by atoms with Crippen molar-refractivity contribution >= 4 is 28.5 Å². The van der Waals surface area contributed by atoms with Gasteiger partial charge in [0.25, 0.3) is 0 Å². The topological polar surface area (TPSA) is 66.6 Å². The largest absolute Gasteiger partial charge is 0.434 e. The second-order valence-electron chi connectivity index (χ2n) is 5.28. The number of hydrogen-bond donors (Lipinski definition) is 0. The number of alkyl halides is 3. The molecular formula is C17H10F3N3OS2. The second-order valence-corrected chi connectivity index (χ2v) is 7.34. The van der Waals surface area contributed by atoms with Gasteiger partial charge in [0, 0.05) is 10.9 Å². The van der Waals surface area contributed by atoms with Crippen LogP contribution in [0, 0.1) is 18.3 Å². The molecule has 0 N–H and O–H groups in total. The maximum Gasteiger partial charge on any atom is 0.434 e. The Morgan fingerprint density at radius 1 is 1.23 bits per heavy atom. The Morgan fingerprint density at radius 2 is 1.92 bits per heavy atom. The molecule has 4 nitrogen and oxygen atoms in total. The van der Waals surface area contributed by atoms with E-state index in [0.29, 0.717) is 16.3 Å². The lowest BCUT2D eigenvalue weighted by Gasteiger charge is -2.08. The number of halogens is 3. The highest BCUT2D eigenvalue weighted by atomic mass is 32.1. The summed E-state index contributed by atoms with van der Waals surface area (Å²) < 4.78 is 39.3. The van der Waals surface area contributed by atoms with E-state index in [2.05, 4.69) is 9.97 Å². The van der Waals surface area contributed by atoms with Crippen LogP contribution in [0.15, 0.2) is 35.7 Å². The van der Waals surface area contributed by atoms with Gasteiger partial charge in [0.05, 0.1) is 16.8 Å². The quantitative estimate of drug-likeness (QED) is 0.580. The lowest BCUT2D eigenvalue weighted by Crippen LogP contribution is -2.16. The van der Waals surface area contributed by atoms with E-state index < -0.39 is 28.4 Å². The van der Waals surface area contributed by atoms with Crippen LogP contribution in [0.2, 0.25) is 0 Å². The number of rotatable bonds is 4. The van der Waals surface area contributed by atoms with E-state index in [-0.39, 0.29) is 10.7 Å². The van der Waals surface area contributed by atoms with Crippen molar-refractivity contribution in [2.24, 2.45) is 0 Å². The number of Topliss-reactive ketones (excluding diaryl/α,β-unsaturated/α-hetero) is 1. The summed E-state index contributed by atoms with van der Waals surface area (Å²) in [6, 6.07) is 10.9. The van der Waals surface area contributed by atoms with E-state index in [0.717, 1.165) is 5.56 Å². The average Bonchev–Trinajstić information content (AvgIpc) is 3.23. The molecule has 0 aliphatic carbocycles. The molecule has 1 aromatic carbocycles. The summed E-state index contributed by atoms with van der Waals surface area (Å²) in [6.07, 6.45) is -4.76.